The Morgan fingerprint density at radius 1 is 1.61 bits per heavy atom. The van der Waals surface area contributed by atoms with Gasteiger partial charge in [0.1, 0.15) is 6.04 Å². The molecule has 2 fully saturated rings. The molecule has 0 bridgehead atoms. The summed E-state index contributed by atoms with van der Waals surface area (Å²) in [5.41, 5.74) is 1.82. The second-order valence-electron chi connectivity index (χ2n) is 5.41. The highest BCUT2D eigenvalue weighted by Gasteiger charge is 2.49. The summed E-state index contributed by atoms with van der Waals surface area (Å²) in [6.45, 7) is 3.03. The first-order valence-electron chi connectivity index (χ1n) is 6.55. The number of likely N-dealkylation sites (tertiary alicyclic amines) is 1. The van der Waals surface area contributed by atoms with Crippen molar-refractivity contribution < 1.29 is 9.90 Å². The van der Waals surface area contributed by atoms with E-state index in [0.717, 1.165) is 13.0 Å². The van der Waals surface area contributed by atoms with E-state index in [-0.39, 0.29) is 12.1 Å². The number of nitrogens with zero attached hydrogens (tertiary/aromatic N) is 2. The summed E-state index contributed by atoms with van der Waals surface area (Å²) in [7, 11) is 0. The molecule has 1 N–H and O–H groups in total. The number of fused-ring (bicyclic) bond motifs is 1. The van der Waals surface area contributed by atoms with E-state index in [1.807, 2.05) is 11.7 Å². The Morgan fingerprint density at radius 2 is 2.44 bits per heavy atom. The summed E-state index contributed by atoms with van der Waals surface area (Å²) in [4.78, 5) is 19.0. The average molecular weight is 266 g/mol. The molecule has 2 aliphatic rings. The predicted octanol–water partition coefficient (Wildman–Crippen LogP) is 2.39. The fraction of sp³-hybridized carbons (Fsp3) is 0.692. The molecule has 1 aromatic rings. The van der Waals surface area contributed by atoms with Crippen molar-refractivity contribution in [2.45, 2.75) is 38.3 Å². The van der Waals surface area contributed by atoms with Crippen LogP contribution in [0.15, 0.2) is 11.7 Å². The molecule has 4 nitrogen and oxygen atoms in total. The molecule has 0 radical (unpaired) electrons. The summed E-state index contributed by atoms with van der Waals surface area (Å²) in [6, 6.07) is -0.126. The maximum atomic E-state index is 11.6. The van der Waals surface area contributed by atoms with E-state index in [1.54, 1.807) is 11.3 Å². The van der Waals surface area contributed by atoms with E-state index in [2.05, 4.69) is 16.8 Å². The molecule has 3 rings (SSSR count). The number of rotatable bonds is 3. The second-order valence-corrected chi connectivity index (χ2v) is 6.33. The van der Waals surface area contributed by atoms with Crippen LogP contribution in [0.1, 0.15) is 37.1 Å². The van der Waals surface area contributed by atoms with Gasteiger partial charge in [0.15, 0.2) is 0 Å². The van der Waals surface area contributed by atoms with E-state index >= 15 is 0 Å². The summed E-state index contributed by atoms with van der Waals surface area (Å²) in [5.74, 6) is 0.292. The molecule has 1 saturated carbocycles. The van der Waals surface area contributed by atoms with Gasteiger partial charge in [-0.25, -0.2) is 0 Å². The van der Waals surface area contributed by atoms with E-state index in [4.69, 9.17) is 0 Å². The van der Waals surface area contributed by atoms with Crippen LogP contribution in [0.4, 0.5) is 0 Å². The van der Waals surface area contributed by atoms with Crippen molar-refractivity contribution in [2.75, 3.05) is 6.54 Å². The van der Waals surface area contributed by atoms with Crippen molar-refractivity contribution in [2.24, 2.45) is 11.8 Å². The number of aromatic nitrogens is 1. The van der Waals surface area contributed by atoms with Gasteiger partial charge in [0, 0.05) is 23.7 Å². The van der Waals surface area contributed by atoms with Gasteiger partial charge in [-0.15, -0.1) is 11.3 Å². The summed E-state index contributed by atoms with van der Waals surface area (Å²) in [5, 5.41) is 9.52. The second kappa shape index (κ2) is 4.63. The summed E-state index contributed by atoms with van der Waals surface area (Å²) >= 11 is 1.61. The van der Waals surface area contributed by atoms with Crippen LogP contribution < -0.4 is 0 Å². The lowest BCUT2D eigenvalue weighted by Gasteiger charge is -2.29. The summed E-state index contributed by atoms with van der Waals surface area (Å²) in [6.07, 6.45) is 5.33. The normalized spacial score (nSPS) is 33.5. The highest BCUT2D eigenvalue weighted by molar-refractivity contribution is 7.09. The molecule has 4 unspecified atom stereocenters. The predicted molar refractivity (Wildman–Crippen MR) is 69.5 cm³/mol. The zero-order valence-electron chi connectivity index (χ0n) is 10.5. The van der Waals surface area contributed by atoms with Gasteiger partial charge < -0.3 is 5.11 Å². The van der Waals surface area contributed by atoms with E-state index in [1.165, 1.54) is 17.7 Å². The number of carboxylic acids is 1. The lowest BCUT2D eigenvalue weighted by molar-refractivity contribution is -0.144. The Morgan fingerprint density at radius 3 is 3.11 bits per heavy atom. The molecule has 1 aromatic heterocycles. The van der Waals surface area contributed by atoms with Gasteiger partial charge in [-0.2, -0.15) is 0 Å². The number of aliphatic carboxylic acids is 1. The molecule has 1 aliphatic heterocycles. The van der Waals surface area contributed by atoms with Crippen molar-refractivity contribution in [1.82, 2.24) is 9.88 Å². The standard InChI is InChI=1S/C13H18N2O2S/c1-8(11-5-14-7-18-11)15-6-9-3-2-4-10(9)12(15)13(16)17/h5,7-10,12H,2-4,6H2,1H3,(H,16,17). The molecular formula is C13H18N2O2S. The fourth-order valence-corrected chi connectivity index (χ4v) is 4.36. The number of carboxylic acid groups (broad SMARTS) is 1. The largest absolute Gasteiger partial charge is 0.480 e. The highest BCUT2D eigenvalue weighted by atomic mass is 32.1. The van der Waals surface area contributed by atoms with Crippen molar-refractivity contribution in [3.63, 3.8) is 0 Å². The summed E-state index contributed by atoms with van der Waals surface area (Å²) < 4.78 is 0. The minimum absolute atomic E-state index is 0.171. The quantitative estimate of drug-likeness (QED) is 0.912. The van der Waals surface area contributed by atoms with Crippen LogP contribution in [0.2, 0.25) is 0 Å². The van der Waals surface area contributed by atoms with Crippen LogP contribution in [0, 0.1) is 11.8 Å². The molecule has 2 heterocycles. The van der Waals surface area contributed by atoms with E-state index in [9.17, 15) is 9.90 Å². The molecule has 0 aromatic carbocycles. The maximum absolute atomic E-state index is 11.6. The van der Waals surface area contributed by atoms with Gasteiger partial charge in [-0.3, -0.25) is 14.7 Å². The first-order chi connectivity index (χ1) is 8.68. The Labute approximate surface area is 111 Å². The third-order valence-electron chi connectivity index (χ3n) is 4.54. The molecule has 0 spiro atoms. The van der Waals surface area contributed by atoms with Crippen LogP contribution in [0.3, 0.4) is 0 Å². The van der Waals surface area contributed by atoms with Crippen LogP contribution >= 0.6 is 11.3 Å². The van der Waals surface area contributed by atoms with Crippen LogP contribution in [-0.4, -0.2) is 33.5 Å². The number of hydrogen-bond acceptors (Lipinski definition) is 4. The lowest BCUT2D eigenvalue weighted by atomic mass is 9.94. The molecule has 0 amide bonds. The van der Waals surface area contributed by atoms with Crippen molar-refractivity contribution in [3.05, 3.63) is 16.6 Å². The highest BCUT2D eigenvalue weighted by Crippen LogP contribution is 2.45. The van der Waals surface area contributed by atoms with E-state index in [0.29, 0.717) is 11.8 Å². The van der Waals surface area contributed by atoms with Crippen molar-refractivity contribution in [3.8, 4) is 0 Å². The van der Waals surface area contributed by atoms with Gasteiger partial charge in [0.05, 0.1) is 5.51 Å². The van der Waals surface area contributed by atoms with Crippen molar-refractivity contribution in [1.29, 1.82) is 0 Å². The SMILES string of the molecule is CC(c1cncs1)N1CC2CCCC2C1C(=O)O. The lowest BCUT2D eigenvalue weighted by Crippen LogP contribution is -2.40. The molecule has 98 valence electrons. The Hall–Kier alpha value is -0.940. The number of hydrogen-bond donors (Lipinski definition) is 1. The zero-order chi connectivity index (χ0) is 12.7. The van der Waals surface area contributed by atoms with Crippen LogP contribution in [0.5, 0.6) is 0 Å². The smallest absolute Gasteiger partial charge is 0.321 e. The molecular weight excluding hydrogens is 248 g/mol. The maximum Gasteiger partial charge on any atom is 0.321 e. The Kier molecular flexibility index (Phi) is 3.11. The Balaban J connectivity index is 1.85. The molecule has 1 aliphatic carbocycles. The van der Waals surface area contributed by atoms with Gasteiger partial charge in [-0.05, 0) is 31.6 Å². The third kappa shape index (κ3) is 1.86. The monoisotopic (exact) mass is 266 g/mol. The topological polar surface area (TPSA) is 53.4 Å². The zero-order valence-corrected chi connectivity index (χ0v) is 11.3. The minimum atomic E-state index is -0.652. The van der Waals surface area contributed by atoms with Gasteiger partial charge >= 0.3 is 5.97 Å². The van der Waals surface area contributed by atoms with Gasteiger partial charge in [-0.1, -0.05) is 6.42 Å². The fourth-order valence-electron chi connectivity index (χ4n) is 3.66. The number of thiazole rings is 1. The first-order valence-corrected chi connectivity index (χ1v) is 7.43. The molecule has 4 atom stereocenters. The molecule has 18 heavy (non-hydrogen) atoms. The third-order valence-corrected chi connectivity index (χ3v) is 5.49. The van der Waals surface area contributed by atoms with Crippen LogP contribution in [-0.2, 0) is 4.79 Å². The van der Waals surface area contributed by atoms with Gasteiger partial charge in [0.2, 0.25) is 0 Å². The molecule has 1 saturated heterocycles. The Bertz CT molecular complexity index is 434. The van der Waals surface area contributed by atoms with Crippen LogP contribution in [0.25, 0.3) is 0 Å². The minimum Gasteiger partial charge on any atom is -0.480 e. The van der Waals surface area contributed by atoms with E-state index < -0.39 is 5.97 Å². The molecule has 5 heteroatoms. The first kappa shape index (κ1) is 12.1. The average Bonchev–Trinajstić information content (AvgIpc) is 3.03. The van der Waals surface area contributed by atoms with Crippen molar-refractivity contribution >= 4 is 17.3 Å². The van der Waals surface area contributed by atoms with Gasteiger partial charge in [0.25, 0.3) is 0 Å². The number of carbonyl (C=O) groups is 1.